The maximum absolute atomic E-state index is 5.96. The smallest absolute Gasteiger partial charge is 0.146 e. The van der Waals surface area contributed by atoms with Gasteiger partial charge in [0.15, 0.2) is 0 Å². The zero-order valence-electron chi connectivity index (χ0n) is 9.73. The van der Waals surface area contributed by atoms with Crippen LogP contribution in [-0.2, 0) is 6.54 Å². The summed E-state index contributed by atoms with van der Waals surface area (Å²) in [4.78, 5) is 4.24. The Morgan fingerprint density at radius 2 is 2.29 bits per heavy atom. The molecular formula is C12H15ClN4. The normalized spacial score (nSPS) is 10.7. The number of halogens is 1. The van der Waals surface area contributed by atoms with Crippen molar-refractivity contribution in [3.8, 4) is 5.69 Å². The first-order valence-electron chi connectivity index (χ1n) is 5.67. The molecule has 4 nitrogen and oxygen atoms in total. The van der Waals surface area contributed by atoms with E-state index in [1.54, 1.807) is 11.0 Å². The standard InChI is InChI=1S/C12H15ClN4/c1-2-6-14-8-12-15-9-16-17(12)11-5-3-4-10(13)7-11/h3-5,7,9,14H,2,6,8H2,1H3. The van der Waals surface area contributed by atoms with E-state index in [9.17, 15) is 0 Å². The first-order chi connectivity index (χ1) is 8.31. The third-order valence-electron chi connectivity index (χ3n) is 2.38. The number of hydrogen-bond acceptors (Lipinski definition) is 3. The Morgan fingerprint density at radius 1 is 1.41 bits per heavy atom. The molecule has 5 heteroatoms. The van der Waals surface area contributed by atoms with Gasteiger partial charge in [0, 0.05) is 5.02 Å². The van der Waals surface area contributed by atoms with E-state index in [1.165, 1.54) is 0 Å². The topological polar surface area (TPSA) is 42.7 Å². The van der Waals surface area contributed by atoms with Crippen LogP contribution in [0, 0.1) is 0 Å². The Balaban J connectivity index is 2.18. The van der Waals surface area contributed by atoms with Gasteiger partial charge in [0.1, 0.15) is 12.2 Å². The van der Waals surface area contributed by atoms with Crippen molar-refractivity contribution < 1.29 is 0 Å². The fourth-order valence-corrected chi connectivity index (χ4v) is 1.77. The lowest BCUT2D eigenvalue weighted by atomic mass is 10.3. The summed E-state index contributed by atoms with van der Waals surface area (Å²) in [6.07, 6.45) is 2.66. The zero-order valence-corrected chi connectivity index (χ0v) is 10.5. The second kappa shape index (κ2) is 5.80. The third-order valence-corrected chi connectivity index (χ3v) is 2.62. The summed E-state index contributed by atoms with van der Waals surface area (Å²) >= 11 is 5.96. The van der Waals surface area contributed by atoms with Gasteiger partial charge in [-0.3, -0.25) is 0 Å². The highest BCUT2D eigenvalue weighted by atomic mass is 35.5. The SMILES string of the molecule is CCCNCc1ncnn1-c1cccc(Cl)c1. The molecule has 1 N–H and O–H groups in total. The van der Waals surface area contributed by atoms with Crippen molar-refractivity contribution in [2.45, 2.75) is 19.9 Å². The van der Waals surface area contributed by atoms with Crippen molar-refractivity contribution >= 4 is 11.6 Å². The van der Waals surface area contributed by atoms with Crippen LogP contribution in [0.5, 0.6) is 0 Å². The highest BCUT2D eigenvalue weighted by Gasteiger charge is 2.06. The van der Waals surface area contributed by atoms with Crippen LogP contribution in [0.25, 0.3) is 5.69 Å². The number of hydrogen-bond donors (Lipinski definition) is 1. The first kappa shape index (κ1) is 12.1. The fourth-order valence-electron chi connectivity index (χ4n) is 1.59. The Labute approximate surface area is 106 Å². The van der Waals surface area contributed by atoms with Crippen LogP contribution in [0.2, 0.25) is 5.02 Å². The molecule has 17 heavy (non-hydrogen) atoms. The van der Waals surface area contributed by atoms with Crippen molar-refractivity contribution in [2.75, 3.05) is 6.54 Å². The van der Waals surface area contributed by atoms with E-state index in [-0.39, 0.29) is 0 Å². The Morgan fingerprint density at radius 3 is 3.06 bits per heavy atom. The molecule has 2 rings (SSSR count). The van der Waals surface area contributed by atoms with Gasteiger partial charge in [-0.25, -0.2) is 9.67 Å². The molecule has 1 aromatic carbocycles. The van der Waals surface area contributed by atoms with Gasteiger partial charge in [-0.2, -0.15) is 5.10 Å². The predicted molar refractivity (Wildman–Crippen MR) is 68.4 cm³/mol. The molecule has 1 aromatic heterocycles. The average Bonchev–Trinajstić information content (AvgIpc) is 2.78. The molecule has 0 radical (unpaired) electrons. The van der Waals surface area contributed by atoms with Crippen molar-refractivity contribution in [3.63, 3.8) is 0 Å². The molecule has 0 unspecified atom stereocenters. The molecule has 90 valence electrons. The number of rotatable bonds is 5. The molecule has 0 fully saturated rings. The quantitative estimate of drug-likeness (QED) is 0.829. The summed E-state index contributed by atoms with van der Waals surface area (Å²) < 4.78 is 1.80. The molecule has 0 atom stereocenters. The van der Waals surface area contributed by atoms with E-state index in [4.69, 9.17) is 11.6 Å². The van der Waals surface area contributed by atoms with E-state index in [1.807, 2.05) is 24.3 Å². The van der Waals surface area contributed by atoms with Gasteiger partial charge < -0.3 is 5.32 Å². The number of nitrogens with zero attached hydrogens (tertiary/aromatic N) is 3. The van der Waals surface area contributed by atoms with Gasteiger partial charge in [-0.1, -0.05) is 24.6 Å². The summed E-state index contributed by atoms with van der Waals surface area (Å²) in [7, 11) is 0. The fraction of sp³-hybridized carbons (Fsp3) is 0.333. The summed E-state index contributed by atoms with van der Waals surface area (Å²) in [5.74, 6) is 0.890. The lowest BCUT2D eigenvalue weighted by Crippen LogP contribution is -2.17. The van der Waals surface area contributed by atoms with Gasteiger partial charge in [0.2, 0.25) is 0 Å². The highest BCUT2D eigenvalue weighted by molar-refractivity contribution is 6.30. The van der Waals surface area contributed by atoms with Gasteiger partial charge in [-0.15, -0.1) is 0 Å². The average molecular weight is 251 g/mol. The molecule has 1 heterocycles. The van der Waals surface area contributed by atoms with Crippen molar-refractivity contribution in [3.05, 3.63) is 41.4 Å². The van der Waals surface area contributed by atoms with E-state index in [0.29, 0.717) is 11.6 Å². The van der Waals surface area contributed by atoms with Gasteiger partial charge in [0.25, 0.3) is 0 Å². The van der Waals surface area contributed by atoms with Gasteiger partial charge >= 0.3 is 0 Å². The van der Waals surface area contributed by atoms with Crippen molar-refractivity contribution in [1.82, 2.24) is 20.1 Å². The Kier molecular flexibility index (Phi) is 4.12. The van der Waals surface area contributed by atoms with Crippen LogP contribution in [-0.4, -0.2) is 21.3 Å². The Hall–Kier alpha value is -1.39. The first-order valence-corrected chi connectivity index (χ1v) is 6.04. The monoisotopic (exact) mass is 250 g/mol. The molecule has 2 aromatic rings. The van der Waals surface area contributed by atoms with Crippen LogP contribution in [0.3, 0.4) is 0 Å². The molecule has 0 aliphatic rings. The van der Waals surface area contributed by atoms with Gasteiger partial charge in [0.05, 0.1) is 12.2 Å². The maximum Gasteiger partial charge on any atom is 0.146 e. The van der Waals surface area contributed by atoms with E-state index < -0.39 is 0 Å². The summed E-state index contributed by atoms with van der Waals surface area (Å²) in [6, 6.07) is 7.59. The number of nitrogens with one attached hydrogen (secondary N) is 1. The van der Waals surface area contributed by atoms with E-state index in [0.717, 1.165) is 24.5 Å². The molecule has 0 saturated heterocycles. The lowest BCUT2D eigenvalue weighted by molar-refractivity contribution is 0.633. The van der Waals surface area contributed by atoms with Crippen LogP contribution in [0.4, 0.5) is 0 Å². The summed E-state index contributed by atoms with van der Waals surface area (Å²) in [6.45, 7) is 3.82. The highest BCUT2D eigenvalue weighted by Crippen LogP contribution is 2.14. The van der Waals surface area contributed by atoms with E-state index >= 15 is 0 Å². The summed E-state index contributed by atoms with van der Waals surface area (Å²) in [5, 5.41) is 8.22. The maximum atomic E-state index is 5.96. The van der Waals surface area contributed by atoms with Crippen LogP contribution >= 0.6 is 11.6 Å². The largest absolute Gasteiger partial charge is 0.310 e. The molecular weight excluding hydrogens is 236 g/mol. The van der Waals surface area contributed by atoms with Crippen molar-refractivity contribution in [2.24, 2.45) is 0 Å². The minimum absolute atomic E-state index is 0.700. The molecule has 0 bridgehead atoms. The minimum atomic E-state index is 0.700. The minimum Gasteiger partial charge on any atom is -0.310 e. The molecule has 0 aliphatic heterocycles. The lowest BCUT2D eigenvalue weighted by Gasteiger charge is -2.06. The summed E-state index contributed by atoms with van der Waals surface area (Å²) in [5.41, 5.74) is 0.934. The molecule has 0 amide bonds. The second-order valence-corrected chi connectivity index (χ2v) is 4.18. The van der Waals surface area contributed by atoms with E-state index in [2.05, 4.69) is 22.3 Å². The molecule has 0 saturated carbocycles. The van der Waals surface area contributed by atoms with Crippen LogP contribution in [0.1, 0.15) is 19.2 Å². The Bertz CT molecular complexity index is 481. The third kappa shape index (κ3) is 3.05. The molecule has 0 spiro atoms. The van der Waals surface area contributed by atoms with Crippen LogP contribution in [0.15, 0.2) is 30.6 Å². The molecule has 0 aliphatic carbocycles. The zero-order chi connectivity index (χ0) is 12.1. The predicted octanol–water partition coefficient (Wildman–Crippen LogP) is 2.42. The van der Waals surface area contributed by atoms with Crippen LogP contribution < -0.4 is 5.32 Å². The van der Waals surface area contributed by atoms with Crippen molar-refractivity contribution in [1.29, 1.82) is 0 Å². The second-order valence-electron chi connectivity index (χ2n) is 3.74. The number of aromatic nitrogens is 3. The van der Waals surface area contributed by atoms with Gasteiger partial charge in [-0.05, 0) is 31.2 Å². The number of benzene rings is 1.